The van der Waals surface area contributed by atoms with Crippen molar-refractivity contribution < 1.29 is 18.3 Å². The number of anilines is 1. The molecule has 0 radical (unpaired) electrons. The highest BCUT2D eigenvalue weighted by molar-refractivity contribution is 7.93. The van der Waals surface area contributed by atoms with E-state index < -0.39 is 16.0 Å². The van der Waals surface area contributed by atoms with Gasteiger partial charge < -0.3 is 5.11 Å². The first kappa shape index (κ1) is 12.0. The first-order valence-corrected chi connectivity index (χ1v) is 7.24. The average Bonchev–Trinajstić information content (AvgIpc) is 2.84. The zero-order chi connectivity index (χ0) is 12.5. The molecule has 17 heavy (non-hydrogen) atoms. The Morgan fingerprint density at radius 3 is 2.76 bits per heavy atom. The van der Waals surface area contributed by atoms with Crippen molar-refractivity contribution in [2.75, 3.05) is 4.72 Å². The third-order valence-electron chi connectivity index (χ3n) is 1.69. The Bertz CT molecular complexity index is 631. The minimum absolute atomic E-state index is 0.0344. The maximum atomic E-state index is 11.8. The molecule has 0 unspecified atom stereocenters. The number of hydrogen-bond acceptors (Lipinski definition) is 7. The van der Waals surface area contributed by atoms with Crippen LogP contribution in [0.2, 0.25) is 0 Å². The fraction of sp³-hybridized carbons (Fsp3) is 0. The molecule has 0 aromatic carbocycles. The van der Waals surface area contributed by atoms with E-state index in [9.17, 15) is 13.2 Å². The van der Waals surface area contributed by atoms with Crippen LogP contribution in [0.4, 0.5) is 5.00 Å². The molecule has 2 aromatic heterocycles. The van der Waals surface area contributed by atoms with Gasteiger partial charge in [0.2, 0.25) is 0 Å². The lowest BCUT2D eigenvalue weighted by Crippen LogP contribution is -2.11. The van der Waals surface area contributed by atoms with Gasteiger partial charge in [0.15, 0.2) is 0 Å². The maximum Gasteiger partial charge on any atom is 0.345 e. The van der Waals surface area contributed by atoms with Crippen LogP contribution < -0.4 is 4.72 Å². The molecule has 0 fully saturated rings. The topological polar surface area (TPSA) is 109 Å². The molecule has 2 rings (SSSR count). The SMILES string of the molecule is O=C(O)c1cc(S(=O)(=O)Nc2cnns2)cs1. The van der Waals surface area contributed by atoms with E-state index in [4.69, 9.17) is 5.11 Å². The van der Waals surface area contributed by atoms with Crippen LogP contribution in [0.15, 0.2) is 22.5 Å². The van der Waals surface area contributed by atoms with Crippen LogP contribution in [0, 0.1) is 0 Å². The molecule has 10 heteroatoms. The molecule has 0 aliphatic carbocycles. The lowest BCUT2D eigenvalue weighted by Gasteiger charge is -2.01. The molecular weight excluding hydrogens is 286 g/mol. The van der Waals surface area contributed by atoms with Crippen molar-refractivity contribution >= 4 is 43.9 Å². The molecule has 0 amide bonds. The van der Waals surface area contributed by atoms with Crippen LogP contribution >= 0.6 is 22.9 Å². The second-order valence-corrected chi connectivity index (χ2v) is 6.22. The van der Waals surface area contributed by atoms with Crippen molar-refractivity contribution in [3.8, 4) is 0 Å². The summed E-state index contributed by atoms with van der Waals surface area (Å²) in [5, 5.41) is 13.7. The Labute approximate surface area is 104 Å². The molecule has 2 aromatic rings. The molecule has 0 saturated carbocycles. The summed E-state index contributed by atoms with van der Waals surface area (Å²) < 4.78 is 29.3. The smallest absolute Gasteiger partial charge is 0.345 e. The van der Waals surface area contributed by atoms with Crippen LogP contribution in [0.5, 0.6) is 0 Å². The quantitative estimate of drug-likeness (QED) is 0.873. The highest BCUT2D eigenvalue weighted by Crippen LogP contribution is 2.22. The minimum Gasteiger partial charge on any atom is -0.477 e. The first-order chi connectivity index (χ1) is 7.99. The number of sulfonamides is 1. The Balaban J connectivity index is 2.28. The van der Waals surface area contributed by atoms with Crippen molar-refractivity contribution in [2.45, 2.75) is 4.90 Å². The number of carboxylic acids is 1. The van der Waals surface area contributed by atoms with Gasteiger partial charge in [-0.15, -0.1) is 16.4 Å². The Morgan fingerprint density at radius 1 is 1.47 bits per heavy atom. The molecule has 0 aliphatic rings. The molecule has 0 saturated heterocycles. The highest BCUT2D eigenvalue weighted by Gasteiger charge is 2.19. The standard InChI is InChI=1S/C7H5N3O4S3/c11-7(12)5-1-4(3-15-5)17(13,14)9-6-2-8-10-16-6/h1-3,9H,(H,11,12). The Hall–Kier alpha value is -1.52. The average molecular weight is 291 g/mol. The van der Waals surface area contributed by atoms with Crippen LogP contribution in [0.1, 0.15) is 9.67 Å². The number of nitrogens with one attached hydrogen (secondary N) is 1. The fourth-order valence-corrected chi connectivity index (χ4v) is 3.77. The van der Waals surface area contributed by atoms with E-state index in [-0.39, 0.29) is 14.8 Å². The minimum atomic E-state index is -3.77. The number of aromatic nitrogens is 2. The van der Waals surface area contributed by atoms with Gasteiger partial charge >= 0.3 is 5.97 Å². The molecule has 0 atom stereocenters. The first-order valence-electron chi connectivity index (χ1n) is 4.11. The summed E-state index contributed by atoms with van der Waals surface area (Å²) in [4.78, 5) is 10.5. The highest BCUT2D eigenvalue weighted by atomic mass is 32.2. The third-order valence-corrected chi connectivity index (χ3v) is 4.81. The number of nitrogens with zero attached hydrogens (tertiary/aromatic N) is 2. The predicted molar refractivity (Wildman–Crippen MR) is 62.0 cm³/mol. The van der Waals surface area contributed by atoms with Gasteiger partial charge in [-0.3, -0.25) is 4.72 Å². The zero-order valence-corrected chi connectivity index (χ0v) is 10.5. The molecule has 0 spiro atoms. The van der Waals surface area contributed by atoms with Crippen molar-refractivity contribution in [2.24, 2.45) is 0 Å². The third kappa shape index (κ3) is 2.60. The number of rotatable bonds is 4. The van der Waals surface area contributed by atoms with Gasteiger partial charge in [0, 0.05) is 16.9 Å². The normalized spacial score (nSPS) is 11.3. The molecule has 2 N–H and O–H groups in total. The summed E-state index contributed by atoms with van der Waals surface area (Å²) in [5.74, 6) is -1.16. The lowest BCUT2D eigenvalue weighted by atomic mass is 10.5. The van der Waals surface area contributed by atoms with Gasteiger partial charge in [-0.25, -0.2) is 13.2 Å². The second-order valence-electron chi connectivity index (χ2n) is 2.84. The number of carboxylic acid groups (broad SMARTS) is 1. The van der Waals surface area contributed by atoms with E-state index in [2.05, 4.69) is 14.3 Å². The van der Waals surface area contributed by atoms with E-state index in [0.717, 1.165) is 28.9 Å². The summed E-state index contributed by atoms with van der Waals surface area (Å²) >= 11 is 1.74. The van der Waals surface area contributed by atoms with Gasteiger partial charge in [0.05, 0.1) is 11.1 Å². The number of carbonyl (C=O) groups is 1. The summed E-state index contributed by atoms with van der Waals surface area (Å²) in [7, 11) is -3.77. The zero-order valence-electron chi connectivity index (χ0n) is 8.02. The summed E-state index contributed by atoms with van der Waals surface area (Å²) in [6, 6.07) is 1.10. The molecule has 2 heterocycles. The van der Waals surface area contributed by atoms with Gasteiger partial charge in [-0.05, 0) is 6.07 Å². The summed E-state index contributed by atoms with van der Waals surface area (Å²) in [6.45, 7) is 0. The van der Waals surface area contributed by atoms with Crippen molar-refractivity contribution in [1.82, 2.24) is 9.59 Å². The Kier molecular flexibility index (Phi) is 3.09. The van der Waals surface area contributed by atoms with Gasteiger partial charge in [-0.2, -0.15) is 0 Å². The molecular formula is C7H5N3O4S3. The van der Waals surface area contributed by atoms with E-state index in [1.165, 1.54) is 11.6 Å². The van der Waals surface area contributed by atoms with Crippen LogP contribution in [-0.2, 0) is 10.0 Å². The number of hydrogen-bond donors (Lipinski definition) is 2. The van der Waals surface area contributed by atoms with Crippen molar-refractivity contribution in [1.29, 1.82) is 0 Å². The number of aromatic carboxylic acids is 1. The molecule has 7 nitrogen and oxygen atoms in total. The van der Waals surface area contributed by atoms with E-state index in [1.54, 1.807) is 0 Å². The maximum absolute atomic E-state index is 11.8. The van der Waals surface area contributed by atoms with E-state index in [1.807, 2.05) is 0 Å². The van der Waals surface area contributed by atoms with Gasteiger partial charge in [-0.1, -0.05) is 4.49 Å². The number of thiophene rings is 1. The van der Waals surface area contributed by atoms with Crippen LogP contribution in [0.25, 0.3) is 0 Å². The molecule has 0 aliphatic heterocycles. The fourth-order valence-electron chi connectivity index (χ4n) is 0.975. The predicted octanol–water partition coefficient (Wildman–Crippen LogP) is 1.10. The van der Waals surface area contributed by atoms with Gasteiger partial charge in [0.25, 0.3) is 10.0 Å². The molecule has 90 valence electrons. The van der Waals surface area contributed by atoms with Crippen molar-refractivity contribution in [3.05, 3.63) is 22.5 Å². The monoisotopic (exact) mass is 291 g/mol. The van der Waals surface area contributed by atoms with E-state index in [0.29, 0.717) is 0 Å². The van der Waals surface area contributed by atoms with Crippen molar-refractivity contribution in [3.63, 3.8) is 0 Å². The summed E-state index contributed by atoms with van der Waals surface area (Å²) in [5.41, 5.74) is 0. The van der Waals surface area contributed by atoms with E-state index >= 15 is 0 Å². The Morgan fingerprint density at radius 2 is 2.24 bits per heavy atom. The lowest BCUT2D eigenvalue weighted by molar-refractivity contribution is 0.0702. The second kappa shape index (κ2) is 4.39. The van der Waals surface area contributed by atoms with Gasteiger partial charge in [0.1, 0.15) is 9.88 Å². The summed E-state index contributed by atoms with van der Waals surface area (Å²) in [6.07, 6.45) is 1.27. The molecule has 0 bridgehead atoms. The van der Waals surface area contributed by atoms with Crippen LogP contribution in [0.3, 0.4) is 0 Å². The van der Waals surface area contributed by atoms with Crippen LogP contribution in [-0.4, -0.2) is 29.1 Å². The largest absolute Gasteiger partial charge is 0.477 e.